The molecule has 0 unspecified atom stereocenters. The normalized spacial score (nSPS) is 14.9. The maximum absolute atomic E-state index is 5.79. The Morgan fingerprint density at radius 2 is 1.50 bits per heavy atom. The fraction of sp³-hybridized carbons (Fsp3) is 0. The van der Waals surface area contributed by atoms with Crippen LogP contribution in [-0.4, -0.2) is 5.71 Å². The molecule has 0 saturated heterocycles. The van der Waals surface area contributed by atoms with Gasteiger partial charge in [-0.2, -0.15) is 5.10 Å². The molecule has 4 N–H and O–H groups in total. The summed E-state index contributed by atoms with van der Waals surface area (Å²) in [5.41, 5.74) is 11.7. The molecule has 0 radical (unpaired) electrons. The molecule has 2 aromatic rings. The van der Waals surface area contributed by atoms with E-state index in [1.54, 1.807) is 0 Å². The lowest BCUT2D eigenvalue weighted by atomic mass is 10.1. The van der Waals surface area contributed by atoms with Gasteiger partial charge in [0.15, 0.2) is 0 Å². The number of nitrogens with two attached hydrogens (primary N) is 2. The van der Waals surface area contributed by atoms with E-state index in [4.69, 9.17) is 11.6 Å². The Labute approximate surface area is 93.4 Å². The minimum Gasteiger partial charge on any atom is -0.399 e. The molecule has 1 aliphatic rings. The van der Waals surface area contributed by atoms with E-state index in [-0.39, 0.29) is 0 Å². The van der Waals surface area contributed by atoms with Crippen LogP contribution in [0.25, 0.3) is 11.1 Å². The molecule has 0 spiro atoms. The summed E-state index contributed by atoms with van der Waals surface area (Å²) in [6.07, 6.45) is 0. The molecule has 78 valence electrons. The third-order valence-corrected chi connectivity index (χ3v) is 2.90. The van der Waals surface area contributed by atoms with Crippen molar-refractivity contribution in [2.45, 2.75) is 0 Å². The second-order valence-corrected chi connectivity index (χ2v) is 3.83. The van der Waals surface area contributed by atoms with Crippen molar-refractivity contribution in [2.24, 2.45) is 10.9 Å². The lowest BCUT2D eigenvalue weighted by Crippen LogP contribution is -2.02. The first-order valence-corrected chi connectivity index (χ1v) is 5.09. The number of nitrogens with zero attached hydrogens (tertiary/aromatic N) is 1. The van der Waals surface area contributed by atoms with Crippen molar-refractivity contribution < 1.29 is 0 Å². The Balaban J connectivity index is 2.39. The molecule has 3 nitrogen and oxygen atoms in total. The Bertz CT molecular complexity index is 600. The van der Waals surface area contributed by atoms with Crippen LogP contribution in [-0.2, 0) is 0 Å². The molecule has 0 saturated carbocycles. The fourth-order valence-corrected chi connectivity index (χ4v) is 2.20. The van der Waals surface area contributed by atoms with Crippen molar-refractivity contribution in [1.29, 1.82) is 0 Å². The van der Waals surface area contributed by atoms with Crippen LogP contribution in [0.1, 0.15) is 11.1 Å². The van der Waals surface area contributed by atoms with E-state index in [1.807, 2.05) is 36.4 Å². The summed E-state index contributed by atoms with van der Waals surface area (Å²) in [6.45, 7) is 0. The number of anilines is 1. The third-order valence-electron chi connectivity index (χ3n) is 2.90. The van der Waals surface area contributed by atoms with Crippen molar-refractivity contribution in [2.75, 3.05) is 5.73 Å². The van der Waals surface area contributed by atoms with Gasteiger partial charge < -0.3 is 11.6 Å². The van der Waals surface area contributed by atoms with Gasteiger partial charge in [0, 0.05) is 16.8 Å². The highest BCUT2D eigenvalue weighted by molar-refractivity contribution is 6.24. The Hall–Kier alpha value is -2.29. The first kappa shape index (κ1) is 8.97. The van der Waals surface area contributed by atoms with Crippen LogP contribution in [0.15, 0.2) is 47.6 Å². The van der Waals surface area contributed by atoms with E-state index in [0.717, 1.165) is 28.1 Å². The summed E-state index contributed by atoms with van der Waals surface area (Å²) in [5.74, 6) is 5.46. The summed E-state index contributed by atoms with van der Waals surface area (Å²) in [7, 11) is 0. The smallest absolute Gasteiger partial charge is 0.0984 e. The van der Waals surface area contributed by atoms with Crippen LogP contribution >= 0.6 is 0 Å². The molecule has 1 aliphatic carbocycles. The summed E-state index contributed by atoms with van der Waals surface area (Å²) < 4.78 is 0. The second kappa shape index (κ2) is 3.10. The molecule has 16 heavy (non-hydrogen) atoms. The van der Waals surface area contributed by atoms with Gasteiger partial charge in [0.2, 0.25) is 0 Å². The lowest BCUT2D eigenvalue weighted by Gasteiger charge is -2.00. The molecule has 0 aromatic heterocycles. The predicted octanol–water partition coefficient (Wildman–Crippen LogP) is 1.96. The molecule has 0 atom stereocenters. The van der Waals surface area contributed by atoms with Crippen LogP contribution in [0.3, 0.4) is 0 Å². The first-order valence-electron chi connectivity index (χ1n) is 5.09. The Morgan fingerprint density at radius 1 is 0.812 bits per heavy atom. The average molecular weight is 209 g/mol. The van der Waals surface area contributed by atoms with E-state index >= 15 is 0 Å². The fourth-order valence-electron chi connectivity index (χ4n) is 2.20. The number of nitrogen functional groups attached to an aromatic ring is 1. The molecule has 0 bridgehead atoms. The van der Waals surface area contributed by atoms with Crippen LogP contribution in [0.2, 0.25) is 0 Å². The zero-order valence-electron chi connectivity index (χ0n) is 8.64. The monoisotopic (exact) mass is 209 g/mol. The summed E-state index contributed by atoms with van der Waals surface area (Å²) in [5, 5.41) is 3.87. The van der Waals surface area contributed by atoms with Gasteiger partial charge in [-0.25, -0.2) is 0 Å². The zero-order chi connectivity index (χ0) is 11.1. The molecule has 3 heteroatoms. The highest BCUT2D eigenvalue weighted by atomic mass is 15.1. The molecular formula is C13H11N3. The number of hydrogen-bond acceptors (Lipinski definition) is 3. The number of hydrazone groups is 1. The summed E-state index contributed by atoms with van der Waals surface area (Å²) in [6, 6.07) is 13.9. The quantitative estimate of drug-likeness (QED) is 0.337. The van der Waals surface area contributed by atoms with E-state index in [2.05, 4.69) is 11.2 Å². The summed E-state index contributed by atoms with van der Waals surface area (Å²) >= 11 is 0. The van der Waals surface area contributed by atoms with Crippen LogP contribution in [0, 0.1) is 0 Å². The van der Waals surface area contributed by atoms with Crippen molar-refractivity contribution in [3.63, 3.8) is 0 Å². The number of rotatable bonds is 0. The van der Waals surface area contributed by atoms with E-state index in [1.165, 1.54) is 5.56 Å². The topological polar surface area (TPSA) is 64.4 Å². The van der Waals surface area contributed by atoms with Crippen LogP contribution in [0.5, 0.6) is 0 Å². The summed E-state index contributed by atoms with van der Waals surface area (Å²) in [4.78, 5) is 0. The maximum atomic E-state index is 5.79. The molecule has 2 aromatic carbocycles. The Morgan fingerprint density at radius 3 is 2.25 bits per heavy atom. The van der Waals surface area contributed by atoms with Gasteiger partial charge in [0.05, 0.1) is 5.71 Å². The number of benzene rings is 2. The minimum atomic E-state index is 0.729. The zero-order valence-corrected chi connectivity index (χ0v) is 8.64. The van der Waals surface area contributed by atoms with E-state index < -0.39 is 0 Å². The number of fused-ring (bicyclic) bond motifs is 3. The largest absolute Gasteiger partial charge is 0.399 e. The van der Waals surface area contributed by atoms with Gasteiger partial charge in [-0.1, -0.05) is 30.3 Å². The molecule has 3 rings (SSSR count). The Kier molecular flexibility index (Phi) is 1.74. The SMILES string of the molecule is N/N=C1/c2ccccc2-c2ccc(N)cc21. The van der Waals surface area contributed by atoms with Crippen molar-refractivity contribution in [1.82, 2.24) is 0 Å². The van der Waals surface area contributed by atoms with Crippen molar-refractivity contribution in [3.05, 3.63) is 53.6 Å². The van der Waals surface area contributed by atoms with Crippen molar-refractivity contribution >= 4 is 11.4 Å². The molecule has 0 fully saturated rings. The minimum absolute atomic E-state index is 0.729. The van der Waals surface area contributed by atoms with Gasteiger partial charge in [0.1, 0.15) is 0 Å². The van der Waals surface area contributed by atoms with Crippen LogP contribution in [0.4, 0.5) is 5.69 Å². The van der Waals surface area contributed by atoms with Crippen LogP contribution < -0.4 is 11.6 Å². The molecule has 0 amide bonds. The lowest BCUT2D eigenvalue weighted by molar-refractivity contribution is 1.25. The van der Waals surface area contributed by atoms with Gasteiger partial charge in [-0.05, 0) is 23.3 Å². The molecule has 0 aliphatic heterocycles. The third kappa shape index (κ3) is 1.05. The maximum Gasteiger partial charge on any atom is 0.0984 e. The van der Waals surface area contributed by atoms with Gasteiger partial charge >= 0.3 is 0 Å². The highest BCUT2D eigenvalue weighted by Crippen LogP contribution is 2.37. The molecule has 0 heterocycles. The van der Waals surface area contributed by atoms with Gasteiger partial charge in [-0.15, -0.1) is 0 Å². The van der Waals surface area contributed by atoms with E-state index in [9.17, 15) is 0 Å². The predicted molar refractivity (Wildman–Crippen MR) is 66.1 cm³/mol. The molecular weight excluding hydrogens is 198 g/mol. The second-order valence-electron chi connectivity index (χ2n) is 3.83. The van der Waals surface area contributed by atoms with E-state index in [0.29, 0.717) is 0 Å². The standard InChI is InChI=1S/C13H11N3/c14-8-5-6-10-9-3-1-2-4-11(9)13(16-15)12(10)7-8/h1-7H,14-15H2/b16-13-. The highest BCUT2D eigenvalue weighted by Gasteiger charge is 2.24. The number of hydrogen-bond donors (Lipinski definition) is 2. The van der Waals surface area contributed by atoms with Gasteiger partial charge in [-0.3, -0.25) is 0 Å². The van der Waals surface area contributed by atoms with Gasteiger partial charge in [0.25, 0.3) is 0 Å². The first-order chi connectivity index (χ1) is 7.81. The van der Waals surface area contributed by atoms with Crippen molar-refractivity contribution in [3.8, 4) is 11.1 Å². The average Bonchev–Trinajstić information content (AvgIpc) is 2.61.